The van der Waals surface area contributed by atoms with Gasteiger partial charge in [-0.2, -0.15) is 9.97 Å². The Bertz CT molecular complexity index is 1360. The Balaban J connectivity index is 1.52. The van der Waals surface area contributed by atoms with Gasteiger partial charge in [-0.15, -0.1) is 0 Å². The number of aromatic amines is 1. The van der Waals surface area contributed by atoms with Crippen LogP contribution in [0.4, 0.5) is 21.8 Å². The predicted molar refractivity (Wildman–Crippen MR) is 124 cm³/mol. The van der Waals surface area contributed by atoms with Gasteiger partial charge in [-0.3, -0.25) is 0 Å². The van der Waals surface area contributed by atoms with E-state index in [0.29, 0.717) is 40.1 Å². The van der Waals surface area contributed by atoms with Crippen molar-refractivity contribution in [1.29, 1.82) is 0 Å². The first-order valence-electron chi connectivity index (χ1n) is 11.0. The van der Waals surface area contributed by atoms with Crippen molar-refractivity contribution in [2.45, 2.75) is 18.9 Å². The van der Waals surface area contributed by atoms with Crippen LogP contribution in [0.15, 0.2) is 24.5 Å². The first-order valence-corrected chi connectivity index (χ1v) is 11.0. The fourth-order valence-corrected chi connectivity index (χ4v) is 5.26. The van der Waals surface area contributed by atoms with E-state index in [1.807, 2.05) is 0 Å². The highest BCUT2D eigenvalue weighted by Crippen LogP contribution is 2.43. The third-order valence-corrected chi connectivity index (χ3v) is 6.82. The van der Waals surface area contributed by atoms with Crippen LogP contribution in [-0.2, 0) is 0 Å². The second kappa shape index (κ2) is 7.41. The molecule has 1 saturated heterocycles. The Hall–Kier alpha value is -3.73. The molecule has 170 valence electrons. The summed E-state index contributed by atoms with van der Waals surface area (Å²) in [5.74, 6) is 1.82. The molecule has 2 aliphatic rings. The summed E-state index contributed by atoms with van der Waals surface area (Å²) in [5.41, 5.74) is 13.9. The highest BCUT2D eigenvalue weighted by molar-refractivity contribution is 6.14. The average Bonchev–Trinajstić information content (AvgIpc) is 3.48. The highest BCUT2D eigenvalue weighted by atomic mass is 19.1. The molecule has 1 aromatic carbocycles. The monoisotopic (exact) mass is 449 g/mol. The SMILES string of the molecule is CNc1cc(F)cc2c1[nH]c1nc(Oc3cnc(N)nc3)nc(N3C[C@H]4CC[C@@H](N)[C@H]4C3)c12. The van der Waals surface area contributed by atoms with Gasteiger partial charge in [0.15, 0.2) is 5.75 Å². The molecule has 0 bridgehead atoms. The number of hydrogen-bond acceptors (Lipinski definition) is 9. The van der Waals surface area contributed by atoms with Gasteiger partial charge in [-0.25, -0.2) is 14.4 Å². The summed E-state index contributed by atoms with van der Waals surface area (Å²) >= 11 is 0. The van der Waals surface area contributed by atoms with Gasteiger partial charge in [0.25, 0.3) is 0 Å². The summed E-state index contributed by atoms with van der Waals surface area (Å²) in [6.45, 7) is 1.64. The van der Waals surface area contributed by atoms with Crippen LogP contribution in [0.2, 0.25) is 0 Å². The molecule has 2 fully saturated rings. The molecular weight excluding hydrogens is 425 g/mol. The van der Waals surface area contributed by atoms with Crippen molar-refractivity contribution in [3.8, 4) is 11.8 Å². The normalized spacial score (nSPS) is 22.3. The maximum atomic E-state index is 14.5. The number of benzene rings is 1. The Kier molecular flexibility index (Phi) is 4.47. The number of rotatable bonds is 4. The van der Waals surface area contributed by atoms with Crippen molar-refractivity contribution in [2.75, 3.05) is 36.1 Å². The zero-order chi connectivity index (χ0) is 22.7. The number of aromatic nitrogens is 5. The van der Waals surface area contributed by atoms with E-state index in [1.54, 1.807) is 7.05 Å². The topological polar surface area (TPSA) is 144 Å². The van der Waals surface area contributed by atoms with Crippen molar-refractivity contribution in [1.82, 2.24) is 24.9 Å². The number of H-pyrrole nitrogens is 1. The van der Waals surface area contributed by atoms with Crippen LogP contribution >= 0.6 is 0 Å². The first-order chi connectivity index (χ1) is 16.0. The van der Waals surface area contributed by atoms with Crippen LogP contribution in [-0.4, -0.2) is 51.1 Å². The summed E-state index contributed by atoms with van der Waals surface area (Å²) in [6.07, 6.45) is 5.09. The number of anilines is 3. The van der Waals surface area contributed by atoms with Gasteiger partial charge in [0.2, 0.25) is 5.95 Å². The molecular formula is C22H24FN9O. The minimum absolute atomic E-state index is 0.144. The van der Waals surface area contributed by atoms with E-state index in [1.165, 1.54) is 24.5 Å². The summed E-state index contributed by atoms with van der Waals surface area (Å²) in [4.78, 5) is 22.8. The van der Waals surface area contributed by atoms with E-state index >= 15 is 0 Å². The molecule has 1 aliphatic heterocycles. The lowest BCUT2D eigenvalue weighted by Gasteiger charge is -2.21. The van der Waals surface area contributed by atoms with Crippen molar-refractivity contribution in [2.24, 2.45) is 17.6 Å². The number of nitrogens with zero attached hydrogens (tertiary/aromatic N) is 5. The summed E-state index contributed by atoms with van der Waals surface area (Å²) in [5, 5.41) is 4.52. The molecule has 33 heavy (non-hydrogen) atoms. The Labute approximate surface area is 188 Å². The number of nitrogen functional groups attached to an aromatic ring is 1. The number of halogens is 1. The molecule has 4 aromatic rings. The molecule has 0 spiro atoms. The lowest BCUT2D eigenvalue weighted by molar-refractivity contribution is 0.439. The van der Waals surface area contributed by atoms with Gasteiger partial charge >= 0.3 is 6.01 Å². The molecule has 0 radical (unpaired) electrons. The molecule has 6 N–H and O–H groups in total. The molecule has 11 heteroatoms. The number of nitrogens with one attached hydrogen (secondary N) is 2. The fourth-order valence-electron chi connectivity index (χ4n) is 5.26. The molecule has 0 amide bonds. The van der Waals surface area contributed by atoms with Gasteiger partial charge < -0.3 is 31.4 Å². The average molecular weight is 449 g/mol. The molecule has 1 aliphatic carbocycles. The van der Waals surface area contributed by atoms with Gasteiger partial charge in [0.1, 0.15) is 17.3 Å². The van der Waals surface area contributed by atoms with Crippen LogP contribution in [0, 0.1) is 17.7 Å². The van der Waals surface area contributed by atoms with Crippen LogP contribution in [0.1, 0.15) is 12.8 Å². The maximum absolute atomic E-state index is 14.5. The fraction of sp³-hybridized carbons (Fsp3) is 0.364. The van der Waals surface area contributed by atoms with E-state index in [4.69, 9.17) is 21.2 Å². The standard InChI is InChI=1S/C22H24FN9O/c1-26-16-5-11(23)4-13-17-19(29-18(13)16)30-22(33-12-6-27-21(25)28-7-12)31-20(17)32-8-10-2-3-15(24)14(10)9-32/h4-7,10,14-15,26H,2-3,8-9,24H2,1H3,(H2,25,27,28)(H,29,30,31)/t10-,14+,15-/m1/s1. The molecule has 0 unspecified atom stereocenters. The zero-order valence-electron chi connectivity index (χ0n) is 18.0. The molecule has 6 rings (SSSR count). The Morgan fingerprint density at radius 2 is 2.00 bits per heavy atom. The molecule has 10 nitrogen and oxygen atoms in total. The summed E-state index contributed by atoms with van der Waals surface area (Å²) in [6, 6.07) is 3.30. The summed E-state index contributed by atoms with van der Waals surface area (Å²) < 4.78 is 20.3. The van der Waals surface area contributed by atoms with Crippen LogP contribution < -0.4 is 26.4 Å². The number of fused-ring (bicyclic) bond motifs is 4. The smallest absolute Gasteiger partial charge is 0.326 e. The maximum Gasteiger partial charge on any atom is 0.326 e. The van der Waals surface area contributed by atoms with E-state index < -0.39 is 0 Å². The predicted octanol–water partition coefficient (Wildman–Crippen LogP) is 2.63. The lowest BCUT2D eigenvalue weighted by atomic mass is 9.98. The number of nitrogens with two attached hydrogens (primary N) is 2. The van der Waals surface area contributed by atoms with Gasteiger partial charge in [0.05, 0.1) is 29.0 Å². The Morgan fingerprint density at radius 3 is 2.76 bits per heavy atom. The minimum Gasteiger partial charge on any atom is -0.421 e. The van der Waals surface area contributed by atoms with Gasteiger partial charge in [-0.1, -0.05) is 0 Å². The molecule has 4 heterocycles. The highest BCUT2D eigenvalue weighted by Gasteiger charge is 2.42. The van der Waals surface area contributed by atoms with Gasteiger partial charge in [-0.05, 0) is 36.8 Å². The van der Waals surface area contributed by atoms with Gasteiger partial charge in [0, 0.05) is 31.6 Å². The number of ether oxygens (including phenoxy) is 1. The second-order valence-electron chi connectivity index (χ2n) is 8.75. The zero-order valence-corrected chi connectivity index (χ0v) is 18.0. The van der Waals surface area contributed by atoms with E-state index in [9.17, 15) is 4.39 Å². The van der Waals surface area contributed by atoms with Crippen LogP contribution in [0.3, 0.4) is 0 Å². The third-order valence-electron chi connectivity index (χ3n) is 6.82. The molecule has 1 saturated carbocycles. The van der Waals surface area contributed by atoms with E-state index in [-0.39, 0.29) is 23.8 Å². The van der Waals surface area contributed by atoms with Crippen molar-refractivity contribution in [3.63, 3.8) is 0 Å². The van der Waals surface area contributed by atoms with Crippen LogP contribution in [0.5, 0.6) is 11.8 Å². The first kappa shape index (κ1) is 19.9. The van der Waals surface area contributed by atoms with Crippen molar-refractivity contribution >= 4 is 39.4 Å². The molecule has 3 aromatic heterocycles. The molecule has 3 atom stereocenters. The van der Waals surface area contributed by atoms with Crippen LogP contribution in [0.25, 0.3) is 21.9 Å². The lowest BCUT2D eigenvalue weighted by Crippen LogP contribution is -2.30. The Morgan fingerprint density at radius 1 is 1.18 bits per heavy atom. The van der Waals surface area contributed by atoms with E-state index in [0.717, 1.165) is 36.8 Å². The van der Waals surface area contributed by atoms with Crippen molar-refractivity contribution in [3.05, 3.63) is 30.3 Å². The van der Waals surface area contributed by atoms with Crippen molar-refractivity contribution < 1.29 is 9.13 Å². The second-order valence-corrected chi connectivity index (χ2v) is 8.75. The van der Waals surface area contributed by atoms with E-state index in [2.05, 4.69) is 30.2 Å². The minimum atomic E-state index is -0.335. The third kappa shape index (κ3) is 3.27. The quantitative estimate of drug-likeness (QED) is 0.369. The number of hydrogen-bond donors (Lipinski definition) is 4. The summed E-state index contributed by atoms with van der Waals surface area (Å²) in [7, 11) is 1.75. The largest absolute Gasteiger partial charge is 0.421 e.